The minimum absolute atomic E-state index is 0.0556. The number of carbonyl (C=O) groups excluding carboxylic acids is 1. The fourth-order valence-electron chi connectivity index (χ4n) is 4.72. The molecule has 1 atom stereocenters. The number of urea groups is 1. The highest BCUT2D eigenvalue weighted by Gasteiger charge is 2.32. The van der Waals surface area contributed by atoms with Crippen LogP contribution in [0.1, 0.15) is 42.3 Å². The number of likely N-dealkylation sites (N-methyl/N-ethyl adjacent to an activating group) is 1. The van der Waals surface area contributed by atoms with Crippen LogP contribution in [0, 0.1) is 0 Å². The normalized spacial score (nSPS) is 19.3. The molecule has 2 aromatic heterocycles. The third-order valence-electron chi connectivity index (χ3n) is 6.07. The van der Waals surface area contributed by atoms with Crippen molar-refractivity contribution in [1.82, 2.24) is 24.8 Å². The van der Waals surface area contributed by atoms with Crippen molar-refractivity contribution in [2.75, 3.05) is 18.5 Å². The quantitative estimate of drug-likeness (QED) is 0.628. The van der Waals surface area contributed by atoms with Gasteiger partial charge in [0.25, 0.3) is 10.0 Å². The summed E-state index contributed by atoms with van der Waals surface area (Å²) in [6, 6.07) is -0.726. The molecule has 11 heteroatoms. The summed E-state index contributed by atoms with van der Waals surface area (Å²) in [5, 5.41) is 10.2. The summed E-state index contributed by atoms with van der Waals surface area (Å²) in [5.74, 6) is 0.153. The largest absolute Gasteiger partial charge is 0.475 e. The molecule has 3 heterocycles. The SMILES string of the molecule is CCNC1COc2c(S(=O)(=O)NC(=O)Nc3c4c(nc5c3CCC5)CCC4)cnn2C1. The van der Waals surface area contributed by atoms with E-state index in [0.29, 0.717) is 13.2 Å². The van der Waals surface area contributed by atoms with E-state index in [0.717, 1.165) is 73.3 Å². The zero-order valence-corrected chi connectivity index (χ0v) is 18.2. The number of aromatic nitrogens is 3. The lowest BCUT2D eigenvalue weighted by Crippen LogP contribution is -2.42. The van der Waals surface area contributed by atoms with Gasteiger partial charge >= 0.3 is 6.03 Å². The Balaban J connectivity index is 1.36. The molecule has 0 aromatic carbocycles. The molecule has 10 nitrogen and oxygen atoms in total. The average molecular weight is 447 g/mol. The minimum atomic E-state index is -4.14. The van der Waals surface area contributed by atoms with Crippen LogP contribution in [0.25, 0.3) is 0 Å². The van der Waals surface area contributed by atoms with Crippen LogP contribution in [-0.2, 0) is 42.3 Å². The molecule has 0 saturated carbocycles. The molecule has 2 aromatic rings. The highest BCUT2D eigenvalue weighted by Crippen LogP contribution is 2.36. The van der Waals surface area contributed by atoms with Gasteiger partial charge in [-0.1, -0.05) is 6.92 Å². The Morgan fingerprint density at radius 3 is 2.58 bits per heavy atom. The molecule has 0 saturated heterocycles. The van der Waals surface area contributed by atoms with Gasteiger partial charge in [-0.05, 0) is 56.2 Å². The number of carbonyl (C=O) groups is 1. The van der Waals surface area contributed by atoms with E-state index in [1.807, 2.05) is 6.92 Å². The summed E-state index contributed by atoms with van der Waals surface area (Å²) in [4.78, 5) is 17.4. The van der Waals surface area contributed by atoms with Crippen LogP contribution in [0.3, 0.4) is 0 Å². The summed E-state index contributed by atoms with van der Waals surface area (Å²) in [7, 11) is -4.14. The number of ether oxygens (including phenoxy) is 1. The monoisotopic (exact) mass is 446 g/mol. The van der Waals surface area contributed by atoms with E-state index >= 15 is 0 Å². The van der Waals surface area contributed by atoms with Crippen molar-refractivity contribution in [2.45, 2.75) is 62.9 Å². The van der Waals surface area contributed by atoms with Crippen molar-refractivity contribution in [3.63, 3.8) is 0 Å². The molecular formula is C20H26N6O4S. The highest BCUT2D eigenvalue weighted by atomic mass is 32.2. The minimum Gasteiger partial charge on any atom is -0.475 e. The van der Waals surface area contributed by atoms with Gasteiger partial charge in [-0.15, -0.1) is 0 Å². The van der Waals surface area contributed by atoms with E-state index in [1.165, 1.54) is 10.9 Å². The van der Waals surface area contributed by atoms with Crippen molar-refractivity contribution in [2.24, 2.45) is 0 Å². The Morgan fingerprint density at radius 1 is 1.19 bits per heavy atom. The number of nitrogens with one attached hydrogen (secondary N) is 3. The topological polar surface area (TPSA) is 127 Å². The van der Waals surface area contributed by atoms with E-state index < -0.39 is 16.1 Å². The summed E-state index contributed by atoms with van der Waals surface area (Å²) in [6.07, 6.45) is 6.68. The zero-order chi connectivity index (χ0) is 21.6. The number of aryl methyl sites for hydroxylation is 2. The first-order valence-electron chi connectivity index (χ1n) is 10.8. The lowest BCUT2D eigenvalue weighted by atomic mass is 10.1. The molecule has 0 radical (unpaired) electrons. The van der Waals surface area contributed by atoms with E-state index in [9.17, 15) is 13.2 Å². The van der Waals surface area contributed by atoms with Gasteiger partial charge < -0.3 is 15.4 Å². The van der Waals surface area contributed by atoms with E-state index in [2.05, 4.69) is 20.5 Å². The van der Waals surface area contributed by atoms with Gasteiger partial charge in [0.05, 0.1) is 24.5 Å². The smallest absolute Gasteiger partial charge is 0.333 e. The summed E-state index contributed by atoms with van der Waals surface area (Å²) in [5.41, 5.74) is 4.86. The predicted molar refractivity (Wildman–Crippen MR) is 113 cm³/mol. The summed E-state index contributed by atoms with van der Waals surface area (Å²) < 4.78 is 35.1. The second-order valence-corrected chi connectivity index (χ2v) is 9.82. The lowest BCUT2D eigenvalue weighted by molar-refractivity contribution is 0.180. The van der Waals surface area contributed by atoms with E-state index in [1.54, 1.807) is 0 Å². The molecule has 0 fully saturated rings. The number of rotatable bonds is 5. The maximum Gasteiger partial charge on any atom is 0.333 e. The van der Waals surface area contributed by atoms with Crippen LogP contribution in [-0.4, -0.2) is 48.4 Å². The number of amides is 2. The lowest BCUT2D eigenvalue weighted by Gasteiger charge is -2.25. The molecule has 1 unspecified atom stereocenters. The number of pyridine rings is 1. The molecule has 31 heavy (non-hydrogen) atoms. The Bertz CT molecular complexity index is 1110. The van der Waals surface area contributed by atoms with Gasteiger partial charge in [-0.25, -0.2) is 22.6 Å². The Morgan fingerprint density at radius 2 is 1.90 bits per heavy atom. The van der Waals surface area contributed by atoms with E-state index in [4.69, 9.17) is 9.72 Å². The van der Waals surface area contributed by atoms with Crippen LogP contribution in [0.4, 0.5) is 10.5 Å². The number of hydrogen-bond donors (Lipinski definition) is 3. The third kappa shape index (κ3) is 3.65. The van der Waals surface area contributed by atoms with Gasteiger partial charge in [-0.3, -0.25) is 4.98 Å². The number of fused-ring (bicyclic) bond motifs is 3. The molecule has 0 bridgehead atoms. The Kier molecular flexibility index (Phi) is 5.09. The fraction of sp³-hybridized carbons (Fsp3) is 0.550. The van der Waals surface area contributed by atoms with Crippen molar-refractivity contribution >= 4 is 21.7 Å². The molecule has 2 aliphatic carbocycles. The van der Waals surface area contributed by atoms with Gasteiger partial charge in [-0.2, -0.15) is 5.10 Å². The number of hydrogen-bond acceptors (Lipinski definition) is 7. The third-order valence-corrected chi connectivity index (χ3v) is 7.39. The fourth-order valence-corrected chi connectivity index (χ4v) is 5.71. The number of anilines is 1. The maximum absolute atomic E-state index is 12.9. The van der Waals surface area contributed by atoms with Crippen molar-refractivity contribution in [3.05, 3.63) is 28.7 Å². The van der Waals surface area contributed by atoms with Crippen molar-refractivity contribution in [1.29, 1.82) is 0 Å². The Hall–Kier alpha value is -2.66. The van der Waals surface area contributed by atoms with Crippen LogP contribution in [0.15, 0.2) is 11.1 Å². The van der Waals surface area contributed by atoms with E-state index in [-0.39, 0.29) is 16.8 Å². The molecule has 0 spiro atoms. The first kappa shape index (κ1) is 20.3. The van der Waals surface area contributed by atoms with Crippen LogP contribution in [0.5, 0.6) is 5.88 Å². The van der Waals surface area contributed by atoms with Crippen LogP contribution < -0.4 is 20.1 Å². The molecule has 3 aliphatic rings. The van der Waals surface area contributed by atoms with Gasteiger partial charge in [0.2, 0.25) is 5.88 Å². The molecular weight excluding hydrogens is 420 g/mol. The van der Waals surface area contributed by atoms with Gasteiger partial charge in [0.15, 0.2) is 4.90 Å². The second kappa shape index (κ2) is 7.79. The Labute approximate surface area is 180 Å². The average Bonchev–Trinajstić information content (AvgIpc) is 3.46. The molecule has 5 rings (SSSR count). The van der Waals surface area contributed by atoms with Crippen molar-refractivity contribution < 1.29 is 17.9 Å². The first-order valence-corrected chi connectivity index (χ1v) is 12.2. The summed E-state index contributed by atoms with van der Waals surface area (Å²) in [6.45, 7) is 3.61. The summed E-state index contributed by atoms with van der Waals surface area (Å²) >= 11 is 0. The van der Waals surface area contributed by atoms with Crippen LogP contribution >= 0.6 is 0 Å². The van der Waals surface area contributed by atoms with Gasteiger partial charge in [0.1, 0.15) is 6.61 Å². The predicted octanol–water partition coefficient (Wildman–Crippen LogP) is 1.14. The molecule has 1 aliphatic heterocycles. The van der Waals surface area contributed by atoms with Crippen LogP contribution in [0.2, 0.25) is 0 Å². The molecule has 3 N–H and O–H groups in total. The van der Waals surface area contributed by atoms with Gasteiger partial charge in [0, 0.05) is 11.4 Å². The van der Waals surface area contributed by atoms with Crippen molar-refractivity contribution in [3.8, 4) is 5.88 Å². The standard InChI is InChI=1S/C20H26N6O4S/c1-2-21-12-10-26-19(30-11-12)17(9-22-26)31(28,29)25-20(27)24-18-13-5-3-7-15(13)23-16-8-4-6-14(16)18/h9,12,21H,2-8,10-11H2,1H3,(H2,23,24,25,27). The first-order chi connectivity index (χ1) is 15.0. The molecule has 2 amide bonds. The molecule has 166 valence electrons. The second-order valence-electron chi connectivity index (χ2n) is 8.17. The zero-order valence-electron chi connectivity index (χ0n) is 17.4. The maximum atomic E-state index is 12.9. The highest BCUT2D eigenvalue weighted by molar-refractivity contribution is 7.90. The number of sulfonamides is 1. The number of nitrogens with zero attached hydrogens (tertiary/aromatic N) is 3.